The van der Waals surface area contributed by atoms with E-state index < -0.39 is 0 Å². The third-order valence-corrected chi connectivity index (χ3v) is 4.13. The van der Waals surface area contributed by atoms with Gasteiger partial charge in [-0.1, -0.05) is 21.1 Å². The van der Waals surface area contributed by atoms with Gasteiger partial charge in [-0.2, -0.15) is 0 Å². The van der Waals surface area contributed by atoms with E-state index in [4.69, 9.17) is 0 Å². The van der Waals surface area contributed by atoms with E-state index in [1.807, 2.05) is 12.1 Å². The molecule has 0 saturated carbocycles. The molecule has 0 aliphatic carbocycles. The molecular weight excluding hydrogens is 375 g/mol. The van der Waals surface area contributed by atoms with Crippen molar-refractivity contribution in [3.63, 3.8) is 0 Å². The number of nitrogens with one attached hydrogen (secondary N) is 1. The lowest BCUT2D eigenvalue weighted by Crippen LogP contribution is -2.14. The van der Waals surface area contributed by atoms with E-state index >= 15 is 0 Å². The van der Waals surface area contributed by atoms with E-state index in [1.54, 1.807) is 32.0 Å². The Balaban J connectivity index is 1.89. The van der Waals surface area contributed by atoms with Crippen LogP contribution in [-0.4, -0.2) is 20.9 Å². The highest BCUT2D eigenvalue weighted by atomic mass is 79.9. The predicted octanol–water partition coefficient (Wildman–Crippen LogP) is 4.04. The van der Waals surface area contributed by atoms with Crippen molar-refractivity contribution in [2.75, 3.05) is 5.32 Å². The van der Waals surface area contributed by atoms with Gasteiger partial charge in [-0.3, -0.25) is 4.79 Å². The number of hydrogen-bond donors (Lipinski definition) is 1. The van der Waals surface area contributed by atoms with Crippen molar-refractivity contribution < 1.29 is 9.18 Å². The maximum absolute atomic E-state index is 13.3. The minimum absolute atomic E-state index is 0.224. The SMILES string of the molecule is Cc1cc(F)ccc1-n1nnc(C(=O)Nc2ccc(Br)cc2)c1C. The Bertz CT molecular complexity index is 905. The van der Waals surface area contributed by atoms with Crippen LogP contribution >= 0.6 is 15.9 Å². The summed E-state index contributed by atoms with van der Waals surface area (Å²) in [5.41, 5.74) is 2.86. The van der Waals surface area contributed by atoms with Crippen molar-refractivity contribution in [3.05, 3.63) is 69.7 Å². The molecule has 0 unspecified atom stereocenters. The van der Waals surface area contributed by atoms with Gasteiger partial charge in [-0.25, -0.2) is 9.07 Å². The number of amides is 1. The van der Waals surface area contributed by atoms with Gasteiger partial charge in [0.25, 0.3) is 5.91 Å². The van der Waals surface area contributed by atoms with Crippen LogP contribution in [0.25, 0.3) is 5.69 Å². The second-order valence-electron chi connectivity index (χ2n) is 5.33. The van der Waals surface area contributed by atoms with Gasteiger partial charge in [0.15, 0.2) is 5.69 Å². The Kier molecular flexibility index (Phi) is 4.44. The fraction of sp³-hybridized carbons (Fsp3) is 0.118. The van der Waals surface area contributed by atoms with Crippen LogP contribution in [0.2, 0.25) is 0 Å². The number of aromatic nitrogens is 3. The van der Waals surface area contributed by atoms with Gasteiger partial charge in [0, 0.05) is 10.2 Å². The van der Waals surface area contributed by atoms with Gasteiger partial charge in [0.05, 0.1) is 11.4 Å². The Hall–Kier alpha value is -2.54. The summed E-state index contributed by atoms with van der Waals surface area (Å²) >= 11 is 3.34. The maximum atomic E-state index is 13.3. The average molecular weight is 389 g/mol. The van der Waals surface area contributed by atoms with E-state index in [2.05, 4.69) is 31.6 Å². The molecule has 1 N–H and O–H groups in total. The molecule has 2 aromatic carbocycles. The molecule has 0 fully saturated rings. The molecule has 122 valence electrons. The number of carbonyl (C=O) groups is 1. The monoisotopic (exact) mass is 388 g/mol. The van der Waals surface area contributed by atoms with Crippen molar-refractivity contribution in [1.82, 2.24) is 15.0 Å². The molecule has 0 aliphatic heterocycles. The molecule has 1 amide bonds. The summed E-state index contributed by atoms with van der Waals surface area (Å²) in [6, 6.07) is 11.6. The fourth-order valence-corrected chi connectivity index (χ4v) is 2.61. The molecule has 3 rings (SSSR count). The van der Waals surface area contributed by atoms with Crippen molar-refractivity contribution in [2.24, 2.45) is 0 Å². The molecule has 0 atom stereocenters. The summed E-state index contributed by atoms with van der Waals surface area (Å²) in [6.45, 7) is 3.53. The normalized spacial score (nSPS) is 10.7. The van der Waals surface area contributed by atoms with E-state index in [0.717, 1.165) is 4.47 Å². The first kappa shape index (κ1) is 16.3. The standard InChI is InChI=1S/C17H14BrFN4O/c1-10-9-13(19)5-8-15(10)23-11(2)16(21-22-23)17(24)20-14-6-3-12(18)4-7-14/h3-9H,1-2H3,(H,20,24). The smallest absolute Gasteiger partial charge is 0.278 e. The molecule has 24 heavy (non-hydrogen) atoms. The van der Waals surface area contributed by atoms with Crippen LogP contribution in [0.3, 0.4) is 0 Å². The average Bonchev–Trinajstić information content (AvgIpc) is 2.91. The third-order valence-electron chi connectivity index (χ3n) is 3.60. The molecule has 5 nitrogen and oxygen atoms in total. The maximum Gasteiger partial charge on any atom is 0.278 e. The Morgan fingerprint density at radius 2 is 1.88 bits per heavy atom. The summed E-state index contributed by atoms with van der Waals surface area (Å²) in [5.74, 6) is -0.664. The molecule has 0 aliphatic rings. The van der Waals surface area contributed by atoms with Crippen LogP contribution in [0.4, 0.5) is 10.1 Å². The lowest BCUT2D eigenvalue weighted by Gasteiger charge is -2.08. The van der Waals surface area contributed by atoms with E-state index in [9.17, 15) is 9.18 Å². The Labute approximate surface area is 146 Å². The first-order valence-electron chi connectivity index (χ1n) is 7.21. The predicted molar refractivity (Wildman–Crippen MR) is 92.9 cm³/mol. The number of benzene rings is 2. The fourth-order valence-electron chi connectivity index (χ4n) is 2.35. The van der Waals surface area contributed by atoms with Crippen LogP contribution in [-0.2, 0) is 0 Å². The first-order chi connectivity index (χ1) is 11.5. The zero-order valence-electron chi connectivity index (χ0n) is 13.0. The van der Waals surface area contributed by atoms with Crippen molar-refractivity contribution in [1.29, 1.82) is 0 Å². The Morgan fingerprint density at radius 1 is 1.17 bits per heavy atom. The minimum Gasteiger partial charge on any atom is -0.321 e. The van der Waals surface area contributed by atoms with Crippen LogP contribution in [0, 0.1) is 19.7 Å². The van der Waals surface area contributed by atoms with Crippen LogP contribution < -0.4 is 5.32 Å². The quantitative estimate of drug-likeness (QED) is 0.736. The number of anilines is 1. The molecule has 0 bridgehead atoms. The number of carbonyl (C=O) groups excluding carboxylic acids is 1. The number of rotatable bonds is 3. The van der Waals surface area contributed by atoms with E-state index in [1.165, 1.54) is 16.8 Å². The summed E-state index contributed by atoms with van der Waals surface area (Å²) in [5, 5.41) is 10.8. The molecule has 0 radical (unpaired) electrons. The lowest BCUT2D eigenvalue weighted by atomic mass is 10.2. The van der Waals surface area contributed by atoms with Gasteiger partial charge >= 0.3 is 0 Å². The molecule has 1 aromatic heterocycles. The number of hydrogen-bond acceptors (Lipinski definition) is 3. The molecule has 3 aromatic rings. The first-order valence-corrected chi connectivity index (χ1v) is 8.01. The van der Waals surface area contributed by atoms with Gasteiger partial charge < -0.3 is 5.32 Å². The van der Waals surface area contributed by atoms with Crippen LogP contribution in [0.1, 0.15) is 21.7 Å². The van der Waals surface area contributed by atoms with Crippen molar-refractivity contribution in [2.45, 2.75) is 13.8 Å². The van der Waals surface area contributed by atoms with Crippen molar-refractivity contribution in [3.8, 4) is 5.69 Å². The van der Waals surface area contributed by atoms with Crippen LogP contribution in [0.5, 0.6) is 0 Å². The highest BCUT2D eigenvalue weighted by Gasteiger charge is 2.18. The lowest BCUT2D eigenvalue weighted by molar-refractivity contribution is 0.102. The topological polar surface area (TPSA) is 59.8 Å². The second kappa shape index (κ2) is 6.52. The van der Waals surface area contributed by atoms with Gasteiger partial charge in [-0.05, 0) is 61.9 Å². The van der Waals surface area contributed by atoms with Gasteiger partial charge in [0.2, 0.25) is 0 Å². The zero-order valence-corrected chi connectivity index (χ0v) is 14.6. The highest BCUT2D eigenvalue weighted by molar-refractivity contribution is 9.10. The van der Waals surface area contributed by atoms with E-state index in [0.29, 0.717) is 22.6 Å². The number of aryl methyl sites for hydroxylation is 1. The number of nitrogens with zero attached hydrogens (tertiary/aromatic N) is 3. The highest BCUT2D eigenvalue weighted by Crippen LogP contribution is 2.19. The summed E-state index contributed by atoms with van der Waals surface area (Å²) in [7, 11) is 0. The number of halogens is 2. The largest absolute Gasteiger partial charge is 0.321 e. The molecule has 0 spiro atoms. The van der Waals surface area contributed by atoms with E-state index in [-0.39, 0.29) is 17.4 Å². The zero-order chi connectivity index (χ0) is 17.3. The minimum atomic E-state index is -0.346. The summed E-state index contributed by atoms with van der Waals surface area (Å²) in [6.07, 6.45) is 0. The molecule has 1 heterocycles. The summed E-state index contributed by atoms with van der Waals surface area (Å²) in [4.78, 5) is 12.4. The molecule has 7 heteroatoms. The van der Waals surface area contributed by atoms with Gasteiger partial charge in [0.1, 0.15) is 5.82 Å². The van der Waals surface area contributed by atoms with Gasteiger partial charge in [-0.15, -0.1) is 5.10 Å². The van der Waals surface area contributed by atoms with Crippen LogP contribution in [0.15, 0.2) is 46.9 Å². The Morgan fingerprint density at radius 3 is 2.54 bits per heavy atom. The molecule has 0 saturated heterocycles. The van der Waals surface area contributed by atoms with Crippen molar-refractivity contribution >= 4 is 27.5 Å². The molecular formula is C17H14BrFN4O. The second-order valence-corrected chi connectivity index (χ2v) is 6.24. The summed E-state index contributed by atoms with van der Waals surface area (Å²) < 4.78 is 15.7. The third kappa shape index (κ3) is 3.21.